The van der Waals surface area contributed by atoms with Gasteiger partial charge in [-0.25, -0.2) is 19.0 Å². The third kappa shape index (κ3) is 6.69. The topological polar surface area (TPSA) is 112 Å². The molecular weight excluding hydrogens is 612 g/mol. The summed E-state index contributed by atoms with van der Waals surface area (Å²) in [6.45, 7) is 6.88. The van der Waals surface area contributed by atoms with Crippen molar-refractivity contribution in [1.82, 2.24) is 24.2 Å². The lowest BCUT2D eigenvalue weighted by atomic mass is 10.0. The summed E-state index contributed by atoms with van der Waals surface area (Å²) in [6.07, 6.45) is 2.19. The SMILES string of the molecule is COCCN(CCc1ccc(-c2cc(Cl)c3cn(C(C(=O)O)c4ncn5c4CC(F)C5)nc3c2Cl)cc1)C(=O)OC(C)(C)C. The Labute approximate surface area is 264 Å². The van der Waals surface area contributed by atoms with Crippen LogP contribution in [0.2, 0.25) is 10.0 Å². The van der Waals surface area contributed by atoms with E-state index < -0.39 is 29.9 Å². The van der Waals surface area contributed by atoms with E-state index in [-0.39, 0.29) is 18.7 Å². The van der Waals surface area contributed by atoms with Crippen LogP contribution < -0.4 is 0 Å². The zero-order valence-electron chi connectivity index (χ0n) is 24.9. The van der Waals surface area contributed by atoms with Crippen LogP contribution >= 0.6 is 23.2 Å². The number of nitrogens with zero attached hydrogens (tertiary/aromatic N) is 5. The van der Waals surface area contributed by atoms with Crippen molar-refractivity contribution in [1.29, 1.82) is 0 Å². The summed E-state index contributed by atoms with van der Waals surface area (Å²) in [5.41, 5.74) is 2.93. The van der Waals surface area contributed by atoms with E-state index in [1.165, 1.54) is 17.2 Å². The molecule has 1 amide bonds. The molecule has 4 aromatic rings. The second-order valence-electron chi connectivity index (χ2n) is 11.8. The van der Waals surface area contributed by atoms with Gasteiger partial charge in [0.2, 0.25) is 0 Å². The van der Waals surface area contributed by atoms with Gasteiger partial charge in [-0.2, -0.15) is 5.10 Å². The normalized spacial score (nSPS) is 15.4. The first-order valence-corrected chi connectivity index (χ1v) is 15.0. The molecule has 0 radical (unpaired) electrons. The van der Waals surface area contributed by atoms with Crippen LogP contribution in [0.5, 0.6) is 0 Å². The Morgan fingerprint density at radius 3 is 2.59 bits per heavy atom. The lowest BCUT2D eigenvalue weighted by Gasteiger charge is -2.27. The molecule has 1 aliphatic rings. The Bertz CT molecular complexity index is 1680. The number of aromatic nitrogens is 4. The zero-order valence-corrected chi connectivity index (χ0v) is 26.4. The maximum Gasteiger partial charge on any atom is 0.410 e. The summed E-state index contributed by atoms with van der Waals surface area (Å²) in [4.78, 5) is 31.0. The number of methoxy groups -OCH3 is 1. The summed E-state index contributed by atoms with van der Waals surface area (Å²) < 4.78 is 27.6. The van der Waals surface area contributed by atoms with Crippen LogP contribution in [-0.2, 0) is 33.7 Å². The number of aliphatic carboxylic acids is 1. The smallest absolute Gasteiger partial charge is 0.410 e. The Morgan fingerprint density at radius 2 is 1.93 bits per heavy atom. The molecule has 13 heteroatoms. The maximum absolute atomic E-state index is 14.0. The molecule has 234 valence electrons. The highest BCUT2D eigenvalue weighted by Gasteiger charge is 2.34. The van der Waals surface area contributed by atoms with Crippen LogP contribution in [0.15, 0.2) is 42.9 Å². The lowest BCUT2D eigenvalue weighted by molar-refractivity contribution is -0.139. The predicted molar refractivity (Wildman–Crippen MR) is 165 cm³/mol. The van der Waals surface area contributed by atoms with Crippen molar-refractivity contribution in [2.24, 2.45) is 0 Å². The molecule has 2 unspecified atom stereocenters. The number of benzene rings is 2. The largest absolute Gasteiger partial charge is 0.479 e. The number of hydrogen-bond acceptors (Lipinski definition) is 6. The predicted octanol–water partition coefficient (Wildman–Crippen LogP) is 6.20. The van der Waals surface area contributed by atoms with Gasteiger partial charge in [0.05, 0.1) is 35.2 Å². The average molecular weight is 647 g/mol. The molecule has 1 N–H and O–H groups in total. The number of ether oxygens (including phenoxy) is 2. The van der Waals surface area contributed by atoms with Crippen LogP contribution in [0.25, 0.3) is 22.0 Å². The first kappa shape index (κ1) is 31.7. The van der Waals surface area contributed by atoms with E-state index in [9.17, 15) is 19.1 Å². The molecular formula is C31H34Cl2FN5O5. The molecule has 1 aliphatic heterocycles. The van der Waals surface area contributed by atoms with Crippen LogP contribution in [0.4, 0.5) is 9.18 Å². The Balaban J connectivity index is 1.38. The first-order chi connectivity index (χ1) is 20.9. The van der Waals surface area contributed by atoms with Gasteiger partial charge in [0.1, 0.15) is 17.3 Å². The van der Waals surface area contributed by atoms with Crippen molar-refractivity contribution in [3.05, 3.63) is 69.9 Å². The van der Waals surface area contributed by atoms with Gasteiger partial charge in [0.25, 0.3) is 0 Å². The highest BCUT2D eigenvalue weighted by Crippen LogP contribution is 2.39. The summed E-state index contributed by atoms with van der Waals surface area (Å²) in [5.74, 6) is -1.18. The second kappa shape index (κ2) is 12.7. The number of rotatable bonds is 10. The number of halogens is 3. The van der Waals surface area contributed by atoms with E-state index in [4.69, 9.17) is 32.7 Å². The summed E-state index contributed by atoms with van der Waals surface area (Å²) in [7, 11) is 1.59. The van der Waals surface area contributed by atoms with E-state index in [0.29, 0.717) is 58.3 Å². The van der Waals surface area contributed by atoms with Gasteiger partial charge >= 0.3 is 12.1 Å². The Hall–Kier alpha value is -3.67. The van der Waals surface area contributed by atoms with Gasteiger partial charge in [-0.15, -0.1) is 0 Å². The molecule has 0 saturated heterocycles. The summed E-state index contributed by atoms with van der Waals surface area (Å²) >= 11 is 13.5. The van der Waals surface area contributed by atoms with Crippen molar-refractivity contribution in [3.8, 4) is 11.1 Å². The molecule has 0 fully saturated rings. The molecule has 2 aromatic heterocycles. The van der Waals surface area contributed by atoms with E-state index in [2.05, 4.69) is 10.1 Å². The first-order valence-electron chi connectivity index (χ1n) is 14.2. The monoisotopic (exact) mass is 645 g/mol. The van der Waals surface area contributed by atoms with Gasteiger partial charge in [0.15, 0.2) is 6.04 Å². The van der Waals surface area contributed by atoms with Gasteiger partial charge in [-0.05, 0) is 44.4 Å². The molecule has 0 saturated carbocycles. The minimum atomic E-state index is -1.28. The van der Waals surface area contributed by atoms with Crippen LogP contribution in [-0.4, -0.2) is 80.0 Å². The molecule has 0 aliphatic carbocycles. The molecule has 0 spiro atoms. The van der Waals surface area contributed by atoms with Crippen molar-refractivity contribution >= 4 is 46.2 Å². The third-order valence-electron chi connectivity index (χ3n) is 7.40. The molecule has 0 bridgehead atoms. The van der Waals surface area contributed by atoms with Gasteiger partial charge in [-0.1, -0.05) is 47.5 Å². The molecule has 3 heterocycles. The van der Waals surface area contributed by atoms with Gasteiger partial charge in [0, 0.05) is 49.5 Å². The standard InChI is InChI=1S/C31H34Cl2FN5O5/c1-31(2,3)44-30(42)37(11-12-43-4)10-9-18-5-7-19(8-6-18)21-14-23(32)22-16-39(36-26(22)25(21)33)28(29(40)41)27-24-13-20(34)15-38(24)17-35-27/h5-8,14,16-17,20,28H,9-13,15H2,1-4H3,(H,40,41). The van der Waals surface area contributed by atoms with E-state index in [0.717, 1.165) is 11.1 Å². The van der Waals surface area contributed by atoms with Gasteiger partial charge < -0.3 is 24.0 Å². The number of carboxylic acids is 1. The van der Waals surface area contributed by atoms with E-state index >= 15 is 0 Å². The van der Waals surface area contributed by atoms with Crippen molar-refractivity contribution in [2.75, 3.05) is 26.8 Å². The highest BCUT2D eigenvalue weighted by molar-refractivity contribution is 6.42. The molecule has 2 atom stereocenters. The third-order valence-corrected chi connectivity index (χ3v) is 8.10. The average Bonchev–Trinajstić information content (AvgIpc) is 3.66. The fourth-order valence-electron chi connectivity index (χ4n) is 5.28. The quantitative estimate of drug-likeness (QED) is 0.218. The Kier molecular flexibility index (Phi) is 9.20. The maximum atomic E-state index is 14.0. The minimum absolute atomic E-state index is 0.0910. The van der Waals surface area contributed by atoms with Crippen LogP contribution in [0, 0.1) is 0 Å². The lowest BCUT2D eigenvalue weighted by Crippen LogP contribution is -2.39. The molecule has 10 nitrogen and oxygen atoms in total. The number of amides is 1. The number of imidazole rings is 1. The Morgan fingerprint density at radius 1 is 1.20 bits per heavy atom. The van der Waals surface area contributed by atoms with Crippen molar-refractivity contribution in [3.63, 3.8) is 0 Å². The fraction of sp³-hybridized carbons (Fsp3) is 0.419. The molecule has 5 rings (SSSR count). The van der Waals surface area contributed by atoms with E-state index in [1.54, 1.807) is 22.6 Å². The van der Waals surface area contributed by atoms with Crippen molar-refractivity contribution in [2.45, 2.75) is 58.0 Å². The summed E-state index contributed by atoms with van der Waals surface area (Å²) in [5, 5.41) is 15.8. The summed E-state index contributed by atoms with van der Waals surface area (Å²) in [6, 6.07) is 8.16. The van der Waals surface area contributed by atoms with Crippen LogP contribution in [0.3, 0.4) is 0 Å². The van der Waals surface area contributed by atoms with Crippen molar-refractivity contribution < 1.29 is 28.6 Å². The number of fused-ring (bicyclic) bond motifs is 2. The van der Waals surface area contributed by atoms with E-state index in [1.807, 2.05) is 45.0 Å². The highest BCUT2D eigenvalue weighted by atomic mass is 35.5. The number of carboxylic acid groups (broad SMARTS) is 1. The number of carbonyl (C=O) groups excluding carboxylic acids is 1. The minimum Gasteiger partial charge on any atom is -0.479 e. The number of hydrogen-bond donors (Lipinski definition) is 1. The zero-order chi connectivity index (χ0) is 31.8. The molecule has 44 heavy (non-hydrogen) atoms. The fourth-order valence-corrected chi connectivity index (χ4v) is 5.83. The number of alkyl halides is 1. The molecule has 2 aromatic carbocycles. The number of carbonyl (C=O) groups is 2. The van der Waals surface area contributed by atoms with Crippen LogP contribution in [0.1, 0.15) is 43.8 Å². The van der Waals surface area contributed by atoms with Gasteiger partial charge in [-0.3, -0.25) is 4.68 Å². The second-order valence-corrected chi connectivity index (χ2v) is 12.6.